The standard InChI is InChI=1S/C21H23FN4O2/c1-3-28-20-10-9-16(14-23-20)21(27)26(2)11-5-8-18-13-19(25-24-18)15-6-4-7-17(22)12-15/h4,6-7,9-10,12-14H,3,5,8,11H2,1-2H3,(H,24,25). The Bertz CT molecular complexity index is 924. The summed E-state index contributed by atoms with van der Waals surface area (Å²) in [4.78, 5) is 18.3. The van der Waals surface area contributed by atoms with Crippen molar-refractivity contribution in [2.45, 2.75) is 19.8 Å². The van der Waals surface area contributed by atoms with Gasteiger partial charge in [0, 0.05) is 37.1 Å². The molecule has 0 radical (unpaired) electrons. The van der Waals surface area contributed by atoms with E-state index in [1.54, 1.807) is 30.1 Å². The molecule has 6 nitrogen and oxygen atoms in total. The van der Waals surface area contributed by atoms with Crippen molar-refractivity contribution >= 4 is 5.91 Å². The lowest BCUT2D eigenvalue weighted by Gasteiger charge is -2.16. The lowest BCUT2D eigenvalue weighted by molar-refractivity contribution is 0.0793. The van der Waals surface area contributed by atoms with E-state index in [9.17, 15) is 9.18 Å². The summed E-state index contributed by atoms with van der Waals surface area (Å²) < 4.78 is 18.6. The van der Waals surface area contributed by atoms with Crippen molar-refractivity contribution in [2.75, 3.05) is 20.2 Å². The van der Waals surface area contributed by atoms with E-state index >= 15 is 0 Å². The number of rotatable bonds is 8. The zero-order valence-electron chi connectivity index (χ0n) is 16.0. The number of nitrogens with one attached hydrogen (secondary N) is 1. The van der Waals surface area contributed by atoms with E-state index in [0.717, 1.165) is 24.1 Å². The second-order valence-corrected chi connectivity index (χ2v) is 6.44. The van der Waals surface area contributed by atoms with Gasteiger partial charge in [0.2, 0.25) is 5.88 Å². The summed E-state index contributed by atoms with van der Waals surface area (Å²) in [6.45, 7) is 3.02. The van der Waals surface area contributed by atoms with Crippen LogP contribution < -0.4 is 4.74 Å². The fourth-order valence-electron chi connectivity index (χ4n) is 2.85. The van der Waals surface area contributed by atoms with Crippen LogP contribution in [0.15, 0.2) is 48.7 Å². The summed E-state index contributed by atoms with van der Waals surface area (Å²) in [6, 6.07) is 11.7. The predicted molar refractivity (Wildman–Crippen MR) is 105 cm³/mol. The molecule has 0 saturated heterocycles. The summed E-state index contributed by atoms with van der Waals surface area (Å²) in [5.41, 5.74) is 2.92. The number of H-pyrrole nitrogens is 1. The molecule has 28 heavy (non-hydrogen) atoms. The van der Waals surface area contributed by atoms with Gasteiger partial charge in [-0.1, -0.05) is 12.1 Å². The number of ether oxygens (including phenoxy) is 1. The van der Waals surface area contributed by atoms with Gasteiger partial charge in [0.1, 0.15) is 5.82 Å². The number of hydrogen-bond acceptors (Lipinski definition) is 4. The largest absolute Gasteiger partial charge is 0.478 e. The minimum Gasteiger partial charge on any atom is -0.478 e. The average Bonchev–Trinajstić information content (AvgIpc) is 3.17. The smallest absolute Gasteiger partial charge is 0.255 e. The first-order valence-corrected chi connectivity index (χ1v) is 9.21. The monoisotopic (exact) mass is 382 g/mol. The second kappa shape index (κ2) is 9.12. The molecule has 0 aliphatic rings. The third-order valence-electron chi connectivity index (χ3n) is 4.31. The molecule has 0 bridgehead atoms. The summed E-state index contributed by atoms with van der Waals surface area (Å²) in [7, 11) is 1.77. The summed E-state index contributed by atoms with van der Waals surface area (Å²) in [6.07, 6.45) is 3.04. The van der Waals surface area contributed by atoms with E-state index < -0.39 is 0 Å². The van der Waals surface area contributed by atoms with Crippen LogP contribution in [0.4, 0.5) is 4.39 Å². The number of hydrogen-bond donors (Lipinski definition) is 1. The van der Waals surface area contributed by atoms with Crippen molar-refractivity contribution in [1.29, 1.82) is 0 Å². The van der Waals surface area contributed by atoms with Crippen LogP contribution in [0.1, 0.15) is 29.4 Å². The van der Waals surface area contributed by atoms with E-state index in [2.05, 4.69) is 15.2 Å². The number of amides is 1. The normalized spacial score (nSPS) is 10.7. The highest BCUT2D eigenvalue weighted by molar-refractivity contribution is 5.93. The SMILES string of the molecule is CCOc1ccc(C(=O)N(C)CCCc2cc(-c3cccc(F)c3)n[nH]2)cn1. The number of nitrogens with zero attached hydrogens (tertiary/aromatic N) is 3. The Kier molecular flexibility index (Phi) is 6.37. The maximum atomic E-state index is 13.3. The van der Waals surface area contributed by atoms with Gasteiger partial charge in [-0.3, -0.25) is 9.89 Å². The van der Waals surface area contributed by atoms with Gasteiger partial charge in [-0.25, -0.2) is 9.37 Å². The van der Waals surface area contributed by atoms with Gasteiger partial charge in [0.25, 0.3) is 5.91 Å². The molecular formula is C21H23FN4O2. The van der Waals surface area contributed by atoms with Crippen molar-refractivity contribution in [3.8, 4) is 17.1 Å². The highest BCUT2D eigenvalue weighted by atomic mass is 19.1. The van der Waals surface area contributed by atoms with Crippen molar-refractivity contribution in [3.05, 3.63) is 65.7 Å². The molecule has 0 atom stereocenters. The van der Waals surface area contributed by atoms with Gasteiger partial charge in [0.05, 0.1) is 17.9 Å². The van der Waals surface area contributed by atoms with Gasteiger partial charge in [-0.15, -0.1) is 0 Å². The van der Waals surface area contributed by atoms with Crippen molar-refractivity contribution in [3.63, 3.8) is 0 Å². The lowest BCUT2D eigenvalue weighted by atomic mass is 10.1. The van der Waals surface area contributed by atoms with Gasteiger partial charge in [-0.05, 0) is 44.0 Å². The second-order valence-electron chi connectivity index (χ2n) is 6.44. The maximum absolute atomic E-state index is 13.3. The molecule has 0 saturated carbocycles. The number of aryl methyl sites for hydroxylation is 1. The number of aromatic nitrogens is 3. The van der Waals surface area contributed by atoms with Crippen LogP contribution in [0.5, 0.6) is 5.88 Å². The zero-order chi connectivity index (χ0) is 19.9. The molecule has 0 aliphatic carbocycles. The minimum atomic E-state index is -0.286. The summed E-state index contributed by atoms with van der Waals surface area (Å²) in [5, 5.41) is 7.22. The van der Waals surface area contributed by atoms with Gasteiger partial charge in [-0.2, -0.15) is 5.10 Å². The van der Waals surface area contributed by atoms with E-state index in [1.165, 1.54) is 18.3 Å². The topological polar surface area (TPSA) is 71.1 Å². The molecule has 3 aromatic rings. The number of carbonyl (C=O) groups is 1. The molecule has 146 valence electrons. The third kappa shape index (κ3) is 4.94. The molecule has 0 aliphatic heterocycles. The average molecular weight is 382 g/mol. The van der Waals surface area contributed by atoms with Crippen molar-refractivity contribution in [2.24, 2.45) is 0 Å². The van der Waals surface area contributed by atoms with Crippen LogP contribution in [-0.4, -0.2) is 46.2 Å². The molecule has 7 heteroatoms. The molecule has 1 amide bonds. The first-order chi connectivity index (χ1) is 13.6. The van der Waals surface area contributed by atoms with Gasteiger partial charge < -0.3 is 9.64 Å². The molecule has 3 rings (SSSR count). The van der Waals surface area contributed by atoms with Crippen LogP contribution >= 0.6 is 0 Å². The molecule has 2 heterocycles. The quantitative estimate of drug-likeness (QED) is 0.645. The Balaban J connectivity index is 1.51. The first-order valence-electron chi connectivity index (χ1n) is 9.21. The summed E-state index contributed by atoms with van der Waals surface area (Å²) in [5.74, 6) is 0.140. The number of aromatic amines is 1. The van der Waals surface area contributed by atoms with Crippen LogP contribution in [0.25, 0.3) is 11.3 Å². The summed E-state index contributed by atoms with van der Waals surface area (Å²) >= 11 is 0. The molecule has 0 fully saturated rings. The Labute approximate surface area is 163 Å². The van der Waals surface area contributed by atoms with E-state index in [4.69, 9.17) is 4.74 Å². The Hall–Kier alpha value is -3.22. The number of pyridine rings is 1. The maximum Gasteiger partial charge on any atom is 0.255 e. The van der Waals surface area contributed by atoms with E-state index in [0.29, 0.717) is 30.3 Å². The molecule has 1 N–H and O–H groups in total. The number of halogens is 1. The van der Waals surface area contributed by atoms with Crippen molar-refractivity contribution < 1.29 is 13.9 Å². The van der Waals surface area contributed by atoms with E-state index in [1.807, 2.05) is 19.1 Å². The highest BCUT2D eigenvalue weighted by Gasteiger charge is 2.12. The van der Waals surface area contributed by atoms with Crippen LogP contribution in [0.3, 0.4) is 0 Å². The molecule has 2 aromatic heterocycles. The predicted octanol–water partition coefficient (Wildman–Crippen LogP) is 3.71. The molecule has 0 unspecified atom stereocenters. The Morgan fingerprint density at radius 3 is 2.82 bits per heavy atom. The van der Waals surface area contributed by atoms with Gasteiger partial charge >= 0.3 is 0 Å². The van der Waals surface area contributed by atoms with E-state index in [-0.39, 0.29) is 11.7 Å². The Morgan fingerprint density at radius 1 is 1.25 bits per heavy atom. The van der Waals surface area contributed by atoms with Gasteiger partial charge in [0.15, 0.2) is 0 Å². The molecular weight excluding hydrogens is 359 g/mol. The Morgan fingerprint density at radius 2 is 2.11 bits per heavy atom. The van der Waals surface area contributed by atoms with Crippen LogP contribution in [0, 0.1) is 5.82 Å². The number of benzene rings is 1. The lowest BCUT2D eigenvalue weighted by Crippen LogP contribution is -2.28. The van der Waals surface area contributed by atoms with Crippen LogP contribution in [-0.2, 0) is 6.42 Å². The molecule has 0 spiro atoms. The van der Waals surface area contributed by atoms with Crippen LogP contribution in [0.2, 0.25) is 0 Å². The first kappa shape index (κ1) is 19.5. The fourth-order valence-corrected chi connectivity index (χ4v) is 2.85. The third-order valence-corrected chi connectivity index (χ3v) is 4.31. The molecule has 1 aromatic carbocycles. The van der Waals surface area contributed by atoms with Crippen molar-refractivity contribution in [1.82, 2.24) is 20.1 Å². The minimum absolute atomic E-state index is 0.0828. The zero-order valence-corrected chi connectivity index (χ0v) is 16.0. The fraction of sp³-hybridized carbons (Fsp3) is 0.286. The highest BCUT2D eigenvalue weighted by Crippen LogP contribution is 2.19. The number of carbonyl (C=O) groups excluding carboxylic acids is 1.